The second kappa shape index (κ2) is 2.34. The van der Waals surface area contributed by atoms with Crippen LogP contribution >= 0.6 is 12.8 Å². The van der Waals surface area contributed by atoms with Crippen LogP contribution in [0.15, 0.2) is 17.4 Å². The van der Waals surface area contributed by atoms with Crippen LogP contribution in [0, 0.1) is 0 Å². The lowest BCUT2D eigenvalue weighted by Gasteiger charge is -2.21. The predicted molar refractivity (Wildman–Crippen MR) is 41.6 cm³/mol. The Balaban J connectivity index is 2.91. The van der Waals surface area contributed by atoms with Crippen molar-refractivity contribution in [3.05, 3.63) is 12.3 Å². The molecule has 0 atom stereocenters. The van der Waals surface area contributed by atoms with E-state index in [2.05, 4.69) is 29.9 Å². The molecule has 1 aliphatic heterocycles. The summed E-state index contributed by atoms with van der Waals surface area (Å²) >= 11 is 3.85. The van der Waals surface area contributed by atoms with Gasteiger partial charge in [0.15, 0.2) is 0 Å². The molecule has 1 rings (SSSR count). The van der Waals surface area contributed by atoms with E-state index in [1.54, 1.807) is 6.92 Å². The molecular formula is C5H7N3OS. The normalized spacial score (nSPS) is 18.6. The molecule has 2 amide bonds. The van der Waals surface area contributed by atoms with E-state index in [1.807, 2.05) is 0 Å². The number of nitrogens with zero attached hydrogens (tertiary/aromatic N) is 2. The van der Waals surface area contributed by atoms with E-state index in [-0.39, 0.29) is 6.03 Å². The summed E-state index contributed by atoms with van der Waals surface area (Å²) in [6.45, 7) is 5.33. The molecule has 0 bridgehead atoms. The van der Waals surface area contributed by atoms with Gasteiger partial charge in [0, 0.05) is 0 Å². The van der Waals surface area contributed by atoms with Crippen LogP contribution in [0.4, 0.5) is 4.79 Å². The Morgan fingerprint density at radius 3 is 2.90 bits per heavy atom. The summed E-state index contributed by atoms with van der Waals surface area (Å²) in [6, 6.07) is -0.376. The van der Waals surface area contributed by atoms with Gasteiger partial charge in [-0.2, -0.15) is 5.10 Å². The van der Waals surface area contributed by atoms with Gasteiger partial charge in [-0.25, -0.2) is 14.5 Å². The smallest absolute Gasteiger partial charge is 0.245 e. The fourth-order valence-corrected chi connectivity index (χ4v) is 0.709. The van der Waals surface area contributed by atoms with Crippen LogP contribution in [-0.4, -0.2) is 16.0 Å². The van der Waals surface area contributed by atoms with Crippen LogP contribution in [0.5, 0.6) is 0 Å². The Kier molecular flexibility index (Phi) is 1.67. The van der Waals surface area contributed by atoms with Gasteiger partial charge in [-0.1, -0.05) is 19.4 Å². The van der Waals surface area contributed by atoms with Crippen molar-refractivity contribution in [2.24, 2.45) is 5.10 Å². The van der Waals surface area contributed by atoms with E-state index in [0.29, 0.717) is 11.4 Å². The summed E-state index contributed by atoms with van der Waals surface area (Å²) in [4.78, 5) is 10.7. The summed E-state index contributed by atoms with van der Waals surface area (Å²) in [5.74, 6) is 0. The third-order valence-corrected chi connectivity index (χ3v) is 1.61. The molecule has 1 N–H and O–H groups in total. The molecule has 54 valence electrons. The molecule has 0 aliphatic carbocycles. The first-order valence-electron chi connectivity index (χ1n) is 2.65. The number of hydrogen-bond donors (Lipinski definition) is 2. The Labute approximate surface area is 64.1 Å². The van der Waals surface area contributed by atoms with Crippen molar-refractivity contribution in [1.82, 2.24) is 9.73 Å². The average molecular weight is 157 g/mol. The van der Waals surface area contributed by atoms with Gasteiger partial charge in [0.25, 0.3) is 0 Å². The molecule has 5 heteroatoms. The molecule has 1 heterocycles. The van der Waals surface area contributed by atoms with Crippen LogP contribution in [0.3, 0.4) is 0 Å². The maximum Gasteiger partial charge on any atom is 0.352 e. The van der Waals surface area contributed by atoms with Gasteiger partial charge in [-0.05, 0) is 6.92 Å². The predicted octanol–water partition coefficient (Wildman–Crippen LogP) is 0.746. The van der Waals surface area contributed by atoms with Crippen molar-refractivity contribution in [3.8, 4) is 0 Å². The molecule has 10 heavy (non-hydrogen) atoms. The largest absolute Gasteiger partial charge is 0.352 e. The van der Waals surface area contributed by atoms with E-state index in [0.717, 1.165) is 4.31 Å². The van der Waals surface area contributed by atoms with E-state index >= 15 is 0 Å². The van der Waals surface area contributed by atoms with Gasteiger partial charge in [-0.15, -0.1) is 0 Å². The minimum Gasteiger partial charge on any atom is -0.245 e. The van der Waals surface area contributed by atoms with E-state index in [4.69, 9.17) is 0 Å². The minimum absolute atomic E-state index is 0.376. The zero-order chi connectivity index (χ0) is 7.72. The summed E-state index contributed by atoms with van der Waals surface area (Å²) < 4.78 is 1.11. The topological polar surface area (TPSA) is 44.7 Å². The van der Waals surface area contributed by atoms with Gasteiger partial charge in [-0.3, -0.25) is 0 Å². The van der Waals surface area contributed by atoms with Gasteiger partial charge in [0.05, 0.1) is 11.4 Å². The fourth-order valence-electron chi connectivity index (χ4n) is 0.519. The Morgan fingerprint density at radius 1 is 1.80 bits per heavy atom. The van der Waals surface area contributed by atoms with Gasteiger partial charge < -0.3 is 0 Å². The molecule has 0 saturated carbocycles. The lowest BCUT2D eigenvalue weighted by molar-refractivity contribution is 0.232. The lowest BCUT2D eigenvalue weighted by Crippen LogP contribution is -2.37. The number of carbonyl (C=O) groups is 1. The van der Waals surface area contributed by atoms with Gasteiger partial charge in [0.1, 0.15) is 0 Å². The van der Waals surface area contributed by atoms with E-state index in [9.17, 15) is 4.79 Å². The molecule has 0 radical (unpaired) electrons. The lowest BCUT2D eigenvalue weighted by atomic mass is 10.3. The monoisotopic (exact) mass is 157 g/mol. The van der Waals surface area contributed by atoms with Crippen LogP contribution in [0.2, 0.25) is 0 Å². The maximum absolute atomic E-state index is 10.7. The van der Waals surface area contributed by atoms with Crippen molar-refractivity contribution in [2.45, 2.75) is 6.92 Å². The number of urea groups is 1. The number of rotatable bonds is 0. The number of amides is 2. The number of nitrogens with one attached hydrogen (secondary N) is 1. The van der Waals surface area contributed by atoms with Crippen LogP contribution in [0.25, 0.3) is 0 Å². The zero-order valence-electron chi connectivity index (χ0n) is 5.46. The number of hydrazone groups is 1. The minimum atomic E-state index is -0.376. The number of thiol groups is 1. The van der Waals surface area contributed by atoms with Crippen LogP contribution in [-0.2, 0) is 0 Å². The SMILES string of the molecule is C=C1C(C)=NNC(=O)N1S. The summed E-state index contributed by atoms with van der Waals surface area (Å²) in [5.41, 5.74) is 3.42. The molecule has 0 unspecified atom stereocenters. The van der Waals surface area contributed by atoms with Crippen molar-refractivity contribution in [3.63, 3.8) is 0 Å². The molecule has 0 spiro atoms. The summed E-state index contributed by atoms with van der Waals surface area (Å²) in [5, 5.41) is 3.67. The highest BCUT2D eigenvalue weighted by Crippen LogP contribution is 2.10. The highest BCUT2D eigenvalue weighted by Gasteiger charge is 2.18. The summed E-state index contributed by atoms with van der Waals surface area (Å²) in [7, 11) is 0. The Morgan fingerprint density at radius 2 is 2.40 bits per heavy atom. The van der Waals surface area contributed by atoms with E-state index < -0.39 is 0 Å². The zero-order valence-corrected chi connectivity index (χ0v) is 6.35. The van der Waals surface area contributed by atoms with Gasteiger partial charge in [0.2, 0.25) is 0 Å². The third-order valence-electron chi connectivity index (χ3n) is 1.18. The number of carbonyl (C=O) groups excluding carboxylic acids is 1. The van der Waals surface area contributed by atoms with Crippen LogP contribution in [0.1, 0.15) is 6.92 Å². The Hall–Kier alpha value is -0.970. The second-order valence-corrected chi connectivity index (χ2v) is 2.27. The van der Waals surface area contributed by atoms with Crippen molar-refractivity contribution >= 4 is 24.6 Å². The molecule has 0 aromatic heterocycles. The second-order valence-electron chi connectivity index (χ2n) is 1.87. The molecule has 0 fully saturated rings. The first-order valence-corrected chi connectivity index (χ1v) is 3.05. The van der Waals surface area contributed by atoms with E-state index in [1.165, 1.54) is 0 Å². The van der Waals surface area contributed by atoms with Crippen LogP contribution < -0.4 is 5.43 Å². The average Bonchev–Trinajstić information content (AvgIpc) is 1.93. The highest BCUT2D eigenvalue weighted by molar-refractivity contribution is 7.78. The molecule has 4 nitrogen and oxygen atoms in total. The molecular weight excluding hydrogens is 150 g/mol. The van der Waals surface area contributed by atoms with Crippen molar-refractivity contribution in [1.29, 1.82) is 0 Å². The van der Waals surface area contributed by atoms with Crippen molar-refractivity contribution in [2.75, 3.05) is 0 Å². The fraction of sp³-hybridized carbons (Fsp3) is 0.200. The quantitative estimate of drug-likeness (QED) is 0.501. The first-order chi connectivity index (χ1) is 4.63. The van der Waals surface area contributed by atoms with Crippen molar-refractivity contribution < 1.29 is 4.79 Å². The molecule has 1 aliphatic rings. The number of allylic oxidation sites excluding steroid dienone is 1. The third kappa shape index (κ3) is 0.995. The standard InChI is InChI=1S/C5H7N3OS/c1-3-4(2)8(10)5(9)7-6-3/h10H,2H2,1H3,(H,7,9). The molecule has 0 aromatic rings. The van der Waals surface area contributed by atoms with Gasteiger partial charge >= 0.3 is 6.03 Å². The maximum atomic E-state index is 10.7. The first kappa shape index (κ1) is 7.14. The number of hydrogen-bond acceptors (Lipinski definition) is 3. The highest BCUT2D eigenvalue weighted by atomic mass is 32.1. The molecule has 0 saturated heterocycles. The summed E-state index contributed by atoms with van der Waals surface area (Å²) in [6.07, 6.45) is 0. The Bertz CT molecular complexity index is 223. The molecule has 0 aromatic carbocycles.